The van der Waals surface area contributed by atoms with E-state index in [1.54, 1.807) is 12.3 Å². The Hall–Kier alpha value is -3.22. The number of hydrogen-bond acceptors (Lipinski definition) is 6. The summed E-state index contributed by atoms with van der Waals surface area (Å²) in [6.45, 7) is 1.55. The summed E-state index contributed by atoms with van der Waals surface area (Å²) in [5.74, 6) is -0.944. The summed E-state index contributed by atoms with van der Waals surface area (Å²) in [4.78, 5) is 32.3. The second kappa shape index (κ2) is 11.5. The first-order valence-electron chi connectivity index (χ1n) is 12.5. The number of carbonyl (C=O) groups excluding carboxylic acids is 2. The van der Waals surface area contributed by atoms with Gasteiger partial charge in [-0.1, -0.05) is 40.2 Å². The lowest BCUT2D eigenvalue weighted by Gasteiger charge is -2.35. The van der Waals surface area contributed by atoms with Crippen LogP contribution in [0.1, 0.15) is 32.7 Å². The molecule has 5 rings (SSSR count). The summed E-state index contributed by atoms with van der Waals surface area (Å²) in [7, 11) is 0. The van der Waals surface area contributed by atoms with Crippen LogP contribution in [0.3, 0.4) is 0 Å². The lowest BCUT2D eigenvalue weighted by Crippen LogP contribution is -2.53. The number of alkyl halides is 3. The molecule has 0 aliphatic carbocycles. The molecule has 0 bridgehead atoms. The van der Waals surface area contributed by atoms with Gasteiger partial charge in [-0.3, -0.25) is 14.6 Å². The van der Waals surface area contributed by atoms with E-state index in [1.165, 1.54) is 17.2 Å². The van der Waals surface area contributed by atoms with E-state index in [4.69, 9.17) is 9.47 Å². The highest BCUT2D eigenvalue weighted by atomic mass is 79.9. The van der Waals surface area contributed by atoms with E-state index in [2.05, 4.69) is 31.5 Å². The molecular formula is C27H26BrF3N4O4. The van der Waals surface area contributed by atoms with E-state index in [0.29, 0.717) is 30.6 Å². The van der Waals surface area contributed by atoms with Gasteiger partial charge in [0.2, 0.25) is 0 Å². The zero-order chi connectivity index (χ0) is 27.6. The molecule has 2 unspecified atom stereocenters. The fourth-order valence-corrected chi connectivity index (χ4v) is 5.33. The molecule has 0 saturated carbocycles. The number of nitrogens with one attached hydrogen (secondary N) is 2. The maximum Gasteiger partial charge on any atom is 0.418 e. The van der Waals surface area contributed by atoms with Crippen molar-refractivity contribution in [2.24, 2.45) is 0 Å². The van der Waals surface area contributed by atoms with Gasteiger partial charge in [0.05, 0.1) is 54.3 Å². The molecule has 39 heavy (non-hydrogen) atoms. The van der Waals surface area contributed by atoms with Crippen molar-refractivity contribution >= 4 is 44.2 Å². The fraction of sp³-hybridized carbons (Fsp3) is 0.370. The van der Waals surface area contributed by atoms with Crippen LogP contribution < -0.4 is 10.6 Å². The number of benzene rings is 2. The number of hydrogen-bond donors (Lipinski definition) is 2. The number of amides is 2. The lowest BCUT2D eigenvalue weighted by molar-refractivity contribution is -0.137. The monoisotopic (exact) mass is 606 g/mol. The molecule has 2 aliphatic heterocycles. The molecule has 3 heterocycles. The molecule has 206 valence electrons. The molecule has 0 spiro atoms. The van der Waals surface area contributed by atoms with Crippen molar-refractivity contribution in [2.75, 3.05) is 44.8 Å². The Kier molecular flexibility index (Phi) is 8.06. The van der Waals surface area contributed by atoms with E-state index in [-0.39, 0.29) is 42.0 Å². The molecule has 1 aromatic heterocycles. The molecule has 0 radical (unpaired) electrons. The third-order valence-electron chi connectivity index (χ3n) is 6.85. The molecule has 2 N–H and O–H groups in total. The van der Waals surface area contributed by atoms with Gasteiger partial charge >= 0.3 is 6.18 Å². The zero-order valence-corrected chi connectivity index (χ0v) is 22.3. The maximum atomic E-state index is 14.2. The van der Waals surface area contributed by atoms with Gasteiger partial charge in [-0.25, -0.2) is 0 Å². The molecule has 2 aromatic carbocycles. The van der Waals surface area contributed by atoms with Crippen molar-refractivity contribution in [3.63, 3.8) is 0 Å². The lowest BCUT2D eigenvalue weighted by atomic mass is 9.98. The van der Waals surface area contributed by atoms with Gasteiger partial charge in [0.1, 0.15) is 0 Å². The van der Waals surface area contributed by atoms with Crippen molar-refractivity contribution in [2.45, 2.75) is 24.7 Å². The van der Waals surface area contributed by atoms with Crippen LogP contribution in [-0.4, -0.2) is 73.3 Å². The molecular weight excluding hydrogens is 581 g/mol. The van der Waals surface area contributed by atoms with E-state index < -0.39 is 35.6 Å². The smallest absolute Gasteiger partial charge is 0.379 e. The number of morpholine rings is 1. The second-order valence-electron chi connectivity index (χ2n) is 9.38. The topological polar surface area (TPSA) is 92.8 Å². The first kappa shape index (κ1) is 27.4. The summed E-state index contributed by atoms with van der Waals surface area (Å²) in [6.07, 6.45) is -1.30. The molecule has 2 fully saturated rings. The SMILES string of the molecule is O=C(NC1COCCC1Nc1c(C(=O)N2CCOCC2)cc(Br)cc1C(F)(F)F)c1cncc2ccccc12. The largest absolute Gasteiger partial charge is 0.418 e. The van der Waals surface area contributed by atoms with Gasteiger partial charge in [0.15, 0.2) is 0 Å². The standard InChI is InChI=1S/C27H26BrF3N4O4/c28-17-11-19(26(37)35-6-9-38-10-7-35)24(21(12-17)27(29,30)31)33-22-5-8-39-15-23(22)34-25(36)20-14-32-13-16-3-1-2-4-18(16)20/h1-4,11-14,22-23,33H,5-10,15H2,(H,34,36). The number of nitrogens with zero attached hydrogens (tertiary/aromatic N) is 2. The van der Waals surface area contributed by atoms with Crippen LogP contribution in [0.2, 0.25) is 0 Å². The van der Waals surface area contributed by atoms with Crippen LogP contribution in [0.5, 0.6) is 0 Å². The van der Waals surface area contributed by atoms with Crippen LogP contribution in [0, 0.1) is 0 Å². The van der Waals surface area contributed by atoms with Crippen molar-refractivity contribution < 1.29 is 32.2 Å². The summed E-state index contributed by atoms with van der Waals surface area (Å²) in [6, 6.07) is 8.34. The first-order valence-corrected chi connectivity index (χ1v) is 13.3. The number of aromatic nitrogens is 1. The number of pyridine rings is 1. The highest BCUT2D eigenvalue weighted by Crippen LogP contribution is 2.40. The van der Waals surface area contributed by atoms with Gasteiger partial charge in [0, 0.05) is 41.9 Å². The number of carbonyl (C=O) groups is 2. The molecule has 12 heteroatoms. The molecule has 2 amide bonds. The summed E-state index contributed by atoms with van der Waals surface area (Å²) in [5, 5.41) is 7.39. The summed E-state index contributed by atoms with van der Waals surface area (Å²) >= 11 is 3.14. The maximum absolute atomic E-state index is 14.2. The van der Waals surface area contributed by atoms with Crippen molar-refractivity contribution in [3.8, 4) is 0 Å². The number of fused-ring (bicyclic) bond motifs is 1. The molecule has 2 aliphatic rings. The Bertz CT molecular complexity index is 1380. The first-order chi connectivity index (χ1) is 18.7. The van der Waals surface area contributed by atoms with E-state index in [9.17, 15) is 22.8 Å². The number of ether oxygens (including phenoxy) is 2. The average Bonchev–Trinajstić information content (AvgIpc) is 2.94. The Morgan fingerprint density at radius 3 is 2.54 bits per heavy atom. The minimum atomic E-state index is -4.73. The van der Waals surface area contributed by atoms with Crippen molar-refractivity contribution in [1.29, 1.82) is 0 Å². The highest BCUT2D eigenvalue weighted by Gasteiger charge is 2.39. The van der Waals surface area contributed by atoms with E-state index >= 15 is 0 Å². The Labute approximate surface area is 231 Å². The quantitative estimate of drug-likeness (QED) is 0.445. The zero-order valence-electron chi connectivity index (χ0n) is 20.8. The highest BCUT2D eigenvalue weighted by molar-refractivity contribution is 9.10. The minimum Gasteiger partial charge on any atom is -0.379 e. The van der Waals surface area contributed by atoms with Crippen molar-refractivity contribution in [1.82, 2.24) is 15.2 Å². The van der Waals surface area contributed by atoms with Gasteiger partial charge in [0.25, 0.3) is 11.8 Å². The average molecular weight is 607 g/mol. The molecule has 3 aromatic rings. The predicted octanol–water partition coefficient (Wildman–Crippen LogP) is 4.49. The predicted molar refractivity (Wildman–Crippen MR) is 142 cm³/mol. The van der Waals surface area contributed by atoms with Gasteiger partial charge in [-0.05, 0) is 23.9 Å². The van der Waals surface area contributed by atoms with Crippen LogP contribution in [-0.2, 0) is 15.7 Å². The van der Waals surface area contributed by atoms with Crippen LogP contribution in [0.15, 0.2) is 53.3 Å². The second-order valence-corrected chi connectivity index (χ2v) is 10.3. The third-order valence-corrected chi connectivity index (χ3v) is 7.31. The number of rotatable bonds is 5. The van der Waals surface area contributed by atoms with Gasteiger partial charge < -0.3 is 25.0 Å². The Balaban J connectivity index is 1.46. The summed E-state index contributed by atoms with van der Waals surface area (Å²) < 4.78 is 53.7. The number of anilines is 1. The van der Waals surface area contributed by atoms with Crippen LogP contribution >= 0.6 is 15.9 Å². The van der Waals surface area contributed by atoms with Crippen LogP contribution in [0.25, 0.3) is 10.8 Å². The Morgan fingerprint density at radius 2 is 1.77 bits per heavy atom. The minimum absolute atomic E-state index is 0.0895. The van der Waals surface area contributed by atoms with Gasteiger partial charge in [-0.2, -0.15) is 13.2 Å². The molecule has 2 saturated heterocycles. The molecule has 8 nitrogen and oxygen atoms in total. The normalized spacial score (nSPS) is 20.1. The van der Waals surface area contributed by atoms with Gasteiger partial charge in [-0.15, -0.1) is 0 Å². The third kappa shape index (κ3) is 6.02. The van der Waals surface area contributed by atoms with Crippen molar-refractivity contribution in [3.05, 3.63) is 70.0 Å². The summed E-state index contributed by atoms with van der Waals surface area (Å²) in [5.41, 5.74) is -1.04. The fourth-order valence-electron chi connectivity index (χ4n) is 4.87. The van der Waals surface area contributed by atoms with E-state index in [0.717, 1.165) is 11.5 Å². The van der Waals surface area contributed by atoms with E-state index in [1.807, 2.05) is 18.2 Å². The molecule has 2 atom stereocenters. The number of halogens is 4. The van der Waals surface area contributed by atoms with Crippen LogP contribution in [0.4, 0.5) is 18.9 Å². The Morgan fingerprint density at radius 1 is 1.00 bits per heavy atom.